The highest BCUT2D eigenvalue weighted by atomic mass is 19.1. The molecule has 0 spiro atoms. The Morgan fingerprint density at radius 1 is 1.27 bits per heavy atom. The summed E-state index contributed by atoms with van der Waals surface area (Å²) in [6.07, 6.45) is 6.15. The fourth-order valence-corrected chi connectivity index (χ4v) is 2.39. The predicted molar refractivity (Wildman–Crippen MR) is 62.9 cm³/mol. The maximum absolute atomic E-state index is 12.2. The van der Waals surface area contributed by atoms with Crippen LogP contribution >= 0.6 is 0 Å². The first-order chi connectivity index (χ1) is 7.27. The van der Waals surface area contributed by atoms with E-state index in [9.17, 15) is 4.39 Å². The Bertz CT molecular complexity index is 156. The molecular weight excluding hydrogens is 191 g/mol. The van der Waals surface area contributed by atoms with Gasteiger partial charge >= 0.3 is 0 Å². The summed E-state index contributed by atoms with van der Waals surface area (Å²) in [6.45, 7) is 3.71. The van der Waals surface area contributed by atoms with E-state index in [-0.39, 0.29) is 6.67 Å². The second-order valence-electron chi connectivity index (χ2n) is 4.63. The van der Waals surface area contributed by atoms with Crippen LogP contribution in [-0.4, -0.2) is 43.8 Å². The maximum atomic E-state index is 12.2. The molecule has 0 aliphatic heterocycles. The summed E-state index contributed by atoms with van der Waals surface area (Å²) < 4.78 is 12.2. The van der Waals surface area contributed by atoms with Crippen LogP contribution in [-0.2, 0) is 0 Å². The van der Waals surface area contributed by atoms with Crippen LogP contribution in [0.5, 0.6) is 0 Å². The second-order valence-corrected chi connectivity index (χ2v) is 4.63. The summed E-state index contributed by atoms with van der Waals surface area (Å²) >= 11 is 0. The Balaban J connectivity index is 2.17. The zero-order chi connectivity index (χ0) is 11.1. The van der Waals surface area contributed by atoms with Crippen molar-refractivity contribution in [2.75, 3.05) is 26.8 Å². The van der Waals surface area contributed by atoms with E-state index < -0.39 is 0 Å². The molecule has 0 bridgehead atoms. The van der Waals surface area contributed by atoms with E-state index in [2.05, 4.69) is 17.1 Å². The molecule has 1 N–H and O–H groups in total. The summed E-state index contributed by atoms with van der Waals surface area (Å²) in [5, 5.41) is 3.57. The van der Waals surface area contributed by atoms with Crippen molar-refractivity contribution in [2.24, 2.45) is 0 Å². The Hall–Kier alpha value is -0.150. The quantitative estimate of drug-likeness (QED) is 0.732. The van der Waals surface area contributed by atoms with Gasteiger partial charge in [0.15, 0.2) is 0 Å². The standard InChI is InChI=1S/C12H25FN2/c1-3-9-14-11-4-6-12(7-5-11)15(2)10-8-13/h11-12,14H,3-10H2,1-2H3. The number of halogens is 1. The third-order valence-corrected chi connectivity index (χ3v) is 3.44. The van der Waals surface area contributed by atoms with Gasteiger partial charge in [0, 0.05) is 18.6 Å². The molecule has 0 aromatic heterocycles. The van der Waals surface area contributed by atoms with Crippen molar-refractivity contribution in [3.05, 3.63) is 0 Å². The molecule has 1 aliphatic rings. The highest BCUT2D eigenvalue weighted by molar-refractivity contribution is 4.81. The van der Waals surface area contributed by atoms with Gasteiger partial charge in [-0.3, -0.25) is 0 Å². The number of alkyl halides is 1. The van der Waals surface area contributed by atoms with E-state index in [0.29, 0.717) is 18.6 Å². The minimum atomic E-state index is -0.218. The number of hydrogen-bond acceptors (Lipinski definition) is 2. The van der Waals surface area contributed by atoms with E-state index in [0.717, 1.165) is 6.54 Å². The van der Waals surface area contributed by atoms with Crippen LogP contribution in [0.3, 0.4) is 0 Å². The van der Waals surface area contributed by atoms with Crippen LogP contribution in [0.25, 0.3) is 0 Å². The molecule has 0 aromatic rings. The van der Waals surface area contributed by atoms with Gasteiger partial charge in [-0.25, -0.2) is 4.39 Å². The molecular formula is C12H25FN2. The third-order valence-electron chi connectivity index (χ3n) is 3.44. The molecule has 0 heterocycles. The van der Waals surface area contributed by atoms with Gasteiger partial charge in [0.2, 0.25) is 0 Å². The molecule has 2 nitrogen and oxygen atoms in total. The van der Waals surface area contributed by atoms with Crippen molar-refractivity contribution >= 4 is 0 Å². The molecule has 1 saturated carbocycles. The Morgan fingerprint density at radius 2 is 1.93 bits per heavy atom. The number of rotatable bonds is 6. The smallest absolute Gasteiger partial charge is 0.102 e. The first-order valence-electron chi connectivity index (χ1n) is 6.27. The van der Waals surface area contributed by atoms with Gasteiger partial charge in [0.1, 0.15) is 6.67 Å². The van der Waals surface area contributed by atoms with Crippen LogP contribution in [0.15, 0.2) is 0 Å². The van der Waals surface area contributed by atoms with Gasteiger partial charge in [0.05, 0.1) is 0 Å². The normalized spacial score (nSPS) is 27.2. The number of nitrogens with one attached hydrogen (secondary N) is 1. The monoisotopic (exact) mass is 216 g/mol. The average molecular weight is 216 g/mol. The van der Waals surface area contributed by atoms with Crippen LogP contribution in [0.2, 0.25) is 0 Å². The zero-order valence-corrected chi connectivity index (χ0v) is 10.1. The van der Waals surface area contributed by atoms with Gasteiger partial charge in [-0.15, -0.1) is 0 Å². The van der Waals surface area contributed by atoms with Gasteiger partial charge < -0.3 is 10.2 Å². The van der Waals surface area contributed by atoms with Crippen molar-refractivity contribution in [1.82, 2.24) is 10.2 Å². The lowest BCUT2D eigenvalue weighted by atomic mass is 9.90. The summed E-state index contributed by atoms with van der Waals surface area (Å²) in [5.41, 5.74) is 0. The van der Waals surface area contributed by atoms with Gasteiger partial charge in [-0.1, -0.05) is 6.92 Å². The largest absolute Gasteiger partial charge is 0.314 e. The Kier molecular flexibility index (Phi) is 6.18. The van der Waals surface area contributed by atoms with Crippen molar-refractivity contribution < 1.29 is 4.39 Å². The first-order valence-corrected chi connectivity index (χ1v) is 6.27. The molecule has 0 aromatic carbocycles. The highest BCUT2D eigenvalue weighted by Gasteiger charge is 2.22. The molecule has 0 radical (unpaired) electrons. The van der Waals surface area contributed by atoms with E-state index in [1.165, 1.54) is 32.1 Å². The summed E-state index contributed by atoms with van der Waals surface area (Å²) in [6, 6.07) is 1.32. The van der Waals surface area contributed by atoms with Crippen LogP contribution in [0.4, 0.5) is 4.39 Å². The number of nitrogens with zero attached hydrogens (tertiary/aromatic N) is 1. The van der Waals surface area contributed by atoms with E-state index >= 15 is 0 Å². The van der Waals surface area contributed by atoms with Crippen LogP contribution in [0.1, 0.15) is 39.0 Å². The second kappa shape index (κ2) is 7.18. The van der Waals surface area contributed by atoms with Crippen molar-refractivity contribution in [1.29, 1.82) is 0 Å². The van der Waals surface area contributed by atoms with Crippen molar-refractivity contribution in [3.63, 3.8) is 0 Å². The SMILES string of the molecule is CCCNC1CCC(N(C)CCF)CC1. The lowest BCUT2D eigenvalue weighted by Crippen LogP contribution is -2.41. The van der Waals surface area contributed by atoms with E-state index in [4.69, 9.17) is 0 Å². The number of hydrogen-bond donors (Lipinski definition) is 1. The summed E-state index contributed by atoms with van der Waals surface area (Å²) in [5.74, 6) is 0. The zero-order valence-electron chi connectivity index (χ0n) is 10.1. The minimum absolute atomic E-state index is 0.218. The molecule has 0 atom stereocenters. The molecule has 0 unspecified atom stereocenters. The average Bonchev–Trinajstić information content (AvgIpc) is 2.27. The fourth-order valence-electron chi connectivity index (χ4n) is 2.39. The molecule has 0 amide bonds. The van der Waals surface area contributed by atoms with E-state index in [1.807, 2.05) is 7.05 Å². The van der Waals surface area contributed by atoms with Crippen LogP contribution in [0, 0.1) is 0 Å². The Labute approximate surface area is 93.2 Å². The van der Waals surface area contributed by atoms with Gasteiger partial charge in [0.25, 0.3) is 0 Å². The van der Waals surface area contributed by atoms with Crippen LogP contribution < -0.4 is 5.32 Å². The Morgan fingerprint density at radius 3 is 2.47 bits per heavy atom. The van der Waals surface area contributed by atoms with Crippen molar-refractivity contribution in [2.45, 2.75) is 51.1 Å². The molecule has 90 valence electrons. The maximum Gasteiger partial charge on any atom is 0.102 e. The molecule has 1 rings (SSSR count). The lowest BCUT2D eigenvalue weighted by Gasteiger charge is -2.34. The highest BCUT2D eigenvalue weighted by Crippen LogP contribution is 2.22. The first kappa shape index (κ1) is 12.9. The molecule has 15 heavy (non-hydrogen) atoms. The topological polar surface area (TPSA) is 15.3 Å². The summed E-state index contributed by atoms with van der Waals surface area (Å²) in [7, 11) is 2.05. The van der Waals surface area contributed by atoms with E-state index in [1.54, 1.807) is 0 Å². The van der Waals surface area contributed by atoms with Crippen molar-refractivity contribution in [3.8, 4) is 0 Å². The molecule has 3 heteroatoms. The molecule has 1 fully saturated rings. The molecule has 0 saturated heterocycles. The predicted octanol–water partition coefficient (Wildman–Crippen LogP) is 2.20. The lowest BCUT2D eigenvalue weighted by molar-refractivity contribution is 0.164. The molecule has 1 aliphatic carbocycles. The minimum Gasteiger partial charge on any atom is -0.314 e. The third kappa shape index (κ3) is 4.47. The summed E-state index contributed by atoms with van der Waals surface area (Å²) in [4.78, 5) is 2.18. The van der Waals surface area contributed by atoms with Gasteiger partial charge in [-0.2, -0.15) is 0 Å². The fraction of sp³-hybridized carbons (Fsp3) is 1.00. The van der Waals surface area contributed by atoms with Gasteiger partial charge in [-0.05, 0) is 45.7 Å².